The lowest BCUT2D eigenvalue weighted by Crippen LogP contribution is -2.32. The zero-order chi connectivity index (χ0) is 15.7. The molecular weight excluding hydrogens is 304 g/mol. The third-order valence-corrected chi connectivity index (χ3v) is 3.77. The Labute approximate surface area is 131 Å². The number of rotatable bonds is 3. The molecule has 112 valence electrons. The maximum atomic E-state index is 11.6. The van der Waals surface area contributed by atoms with Crippen molar-refractivity contribution in [3.05, 3.63) is 70.3 Å². The molecule has 1 aromatic carbocycles. The number of aliphatic imine (C=N–C) groups is 1. The number of hydrogen-bond acceptors (Lipinski definition) is 4. The molecule has 0 saturated carbocycles. The minimum atomic E-state index is -1.03. The van der Waals surface area contributed by atoms with Gasteiger partial charge in [-0.1, -0.05) is 29.8 Å². The van der Waals surface area contributed by atoms with Crippen molar-refractivity contribution in [3.63, 3.8) is 0 Å². The van der Waals surface area contributed by atoms with Gasteiger partial charge in [0.1, 0.15) is 6.04 Å². The van der Waals surface area contributed by atoms with Crippen LogP contribution in [0.5, 0.6) is 0 Å². The number of nitrogens with one attached hydrogen (secondary N) is 1. The third-order valence-electron chi connectivity index (χ3n) is 3.43. The van der Waals surface area contributed by atoms with Gasteiger partial charge in [-0.2, -0.15) is 0 Å². The van der Waals surface area contributed by atoms with Crippen LogP contribution in [0.15, 0.2) is 63.3 Å². The Hall–Kier alpha value is -2.53. The summed E-state index contributed by atoms with van der Waals surface area (Å²) in [5.41, 5.74) is 1.33. The summed E-state index contributed by atoms with van der Waals surface area (Å²) in [5, 5.41) is 13.0. The van der Waals surface area contributed by atoms with E-state index < -0.39 is 12.0 Å². The van der Waals surface area contributed by atoms with E-state index in [1.54, 1.807) is 43.3 Å². The van der Waals surface area contributed by atoms with Crippen molar-refractivity contribution in [2.24, 2.45) is 4.99 Å². The summed E-state index contributed by atoms with van der Waals surface area (Å²) in [4.78, 5) is 16.1. The monoisotopic (exact) mass is 316 g/mol. The van der Waals surface area contributed by atoms with Gasteiger partial charge in [-0.25, -0.2) is 4.79 Å². The second kappa shape index (κ2) is 5.69. The average molecular weight is 317 g/mol. The molecule has 0 aliphatic carbocycles. The van der Waals surface area contributed by atoms with Gasteiger partial charge in [0.25, 0.3) is 0 Å². The van der Waals surface area contributed by atoms with Crippen LogP contribution in [0.1, 0.15) is 24.3 Å². The van der Waals surface area contributed by atoms with Crippen LogP contribution < -0.4 is 5.32 Å². The lowest BCUT2D eigenvalue weighted by molar-refractivity contribution is -0.133. The molecule has 5 nitrogen and oxygen atoms in total. The van der Waals surface area contributed by atoms with E-state index >= 15 is 0 Å². The maximum absolute atomic E-state index is 11.6. The first-order valence-corrected chi connectivity index (χ1v) is 7.03. The molecule has 6 heteroatoms. The van der Waals surface area contributed by atoms with E-state index in [1.165, 1.54) is 6.26 Å². The third kappa shape index (κ3) is 2.51. The SMILES string of the molecule is CC1=C(C(=O)O)C(c2ccccc2Cl)N=C(c2ccco2)N1. The molecule has 1 aliphatic rings. The Morgan fingerprint density at radius 1 is 1.32 bits per heavy atom. The number of allylic oxidation sites excluding steroid dienone is 1. The summed E-state index contributed by atoms with van der Waals surface area (Å²) in [6.45, 7) is 1.70. The molecule has 0 amide bonds. The van der Waals surface area contributed by atoms with Crippen LogP contribution in [0.4, 0.5) is 0 Å². The summed E-state index contributed by atoms with van der Waals surface area (Å²) in [5.74, 6) is -0.00423. The van der Waals surface area contributed by atoms with Crippen LogP contribution in [0, 0.1) is 0 Å². The Bertz CT molecular complexity index is 778. The number of carboxylic acid groups (broad SMARTS) is 1. The molecule has 3 rings (SSSR count). The van der Waals surface area contributed by atoms with Gasteiger partial charge in [0.05, 0.1) is 11.8 Å². The van der Waals surface area contributed by atoms with Crippen LogP contribution in [0.2, 0.25) is 5.02 Å². The first-order chi connectivity index (χ1) is 10.6. The number of amidine groups is 1. The lowest BCUT2D eigenvalue weighted by atomic mass is 9.96. The molecule has 0 fully saturated rings. The van der Waals surface area contributed by atoms with E-state index in [4.69, 9.17) is 16.0 Å². The van der Waals surface area contributed by atoms with Crippen LogP contribution in [0.25, 0.3) is 0 Å². The molecule has 2 aromatic rings. The Kier molecular flexibility index (Phi) is 3.73. The van der Waals surface area contributed by atoms with Crippen molar-refractivity contribution in [2.75, 3.05) is 0 Å². The average Bonchev–Trinajstić information content (AvgIpc) is 3.00. The largest absolute Gasteiger partial charge is 0.478 e. The van der Waals surface area contributed by atoms with Crippen molar-refractivity contribution in [1.82, 2.24) is 5.32 Å². The number of nitrogens with zero attached hydrogens (tertiary/aromatic N) is 1. The zero-order valence-electron chi connectivity index (χ0n) is 11.7. The number of aliphatic carboxylic acids is 1. The molecule has 1 atom stereocenters. The number of halogens is 1. The molecular formula is C16H13ClN2O3. The molecule has 22 heavy (non-hydrogen) atoms. The van der Waals surface area contributed by atoms with Crippen molar-refractivity contribution in [3.8, 4) is 0 Å². The normalized spacial score (nSPS) is 17.9. The molecule has 1 aromatic heterocycles. The van der Waals surface area contributed by atoms with Gasteiger partial charge in [0.15, 0.2) is 11.6 Å². The van der Waals surface area contributed by atoms with Crippen LogP contribution in [0.3, 0.4) is 0 Å². The van der Waals surface area contributed by atoms with Crippen molar-refractivity contribution in [2.45, 2.75) is 13.0 Å². The lowest BCUT2D eigenvalue weighted by Gasteiger charge is -2.24. The molecule has 1 unspecified atom stereocenters. The summed E-state index contributed by atoms with van der Waals surface area (Å²) in [7, 11) is 0. The molecule has 0 saturated heterocycles. The first-order valence-electron chi connectivity index (χ1n) is 6.65. The highest BCUT2D eigenvalue weighted by Crippen LogP contribution is 2.35. The summed E-state index contributed by atoms with van der Waals surface area (Å²) >= 11 is 6.22. The quantitative estimate of drug-likeness (QED) is 0.910. The van der Waals surface area contributed by atoms with E-state index in [2.05, 4.69) is 10.3 Å². The summed E-state index contributed by atoms with van der Waals surface area (Å²) in [6, 6.07) is 9.91. The van der Waals surface area contributed by atoms with Crippen molar-refractivity contribution < 1.29 is 14.3 Å². The topological polar surface area (TPSA) is 74.8 Å². The number of furan rings is 1. The van der Waals surface area contributed by atoms with Gasteiger partial charge in [-0.15, -0.1) is 0 Å². The van der Waals surface area contributed by atoms with Crippen LogP contribution in [-0.4, -0.2) is 16.9 Å². The maximum Gasteiger partial charge on any atom is 0.335 e. The molecule has 1 aliphatic heterocycles. The second-order valence-corrected chi connectivity index (χ2v) is 5.26. The molecule has 2 N–H and O–H groups in total. The Morgan fingerprint density at radius 3 is 2.73 bits per heavy atom. The fourth-order valence-corrected chi connectivity index (χ4v) is 2.65. The van der Waals surface area contributed by atoms with E-state index in [0.29, 0.717) is 27.9 Å². The highest BCUT2D eigenvalue weighted by Gasteiger charge is 2.31. The molecule has 2 heterocycles. The number of benzene rings is 1. The second-order valence-electron chi connectivity index (χ2n) is 4.85. The zero-order valence-corrected chi connectivity index (χ0v) is 12.5. The Morgan fingerprint density at radius 2 is 2.09 bits per heavy atom. The van der Waals surface area contributed by atoms with Gasteiger partial charge < -0.3 is 14.8 Å². The summed E-state index contributed by atoms with van der Waals surface area (Å²) in [6.07, 6.45) is 1.54. The standard InChI is InChI=1S/C16H13ClN2O3/c1-9-13(16(20)21)14(10-5-2-3-6-11(10)17)19-15(18-9)12-7-4-8-22-12/h2-8,14H,1H3,(H,18,19)(H,20,21). The molecule has 0 radical (unpaired) electrons. The smallest absolute Gasteiger partial charge is 0.335 e. The van der Waals surface area contributed by atoms with Gasteiger partial charge in [0.2, 0.25) is 0 Å². The van der Waals surface area contributed by atoms with Crippen molar-refractivity contribution in [1.29, 1.82) is 0 Å². The number of carbonyl (C=O) groups is 1. The van der Waals surface area contributed by atoms with Crippen LogP contribution >= 0.6 is 11.6 Å². The van der Waals surface area contributed by atoms with E-state index in [9.17, 15) is 9.90 Å². The first kappa shape index (κ1) is 14.4. The minimum Gasteiger partial charge on any atom is -0.478 e. The van der Waals surface area contributed by atoms with Crippen molar-refractivity contribution >= 4 is 23.4 Å². The van der Waals surface area contributed by atoms with Gasteiger partial charge in [-0.3, -0.25) is 4.99 Å². The summed E-state index contributed by atoms with van der Waals surface area (Å²) < 4.78 is 5.34. The Balaban J connectivity index is 2.14. The van der Waals surface area contributed by atoms with E-state index in [-0.39, 0.29) is 5.57 Å². The molecule has 0 bridgehead atoms. The fourth-order valence-electron chi connectivity index (χ4n) is 2.41. The van der Waals surface area contributed by atoms with Gasteiger partial charge in [0, 0.05) is 16.3 Å². The highest BCUT2D eigenvalue weighted by atomic mass is 35.5. The molecule has 0 spiro atoms. The number of hydrogen-bond donors (Lipinski definition) is 2. The van der Waals surface area contributed by atoms with E-state index in [0.717, 1.165) is 0 Å². The van der Waals surface area contributed by atoms with Gasteiger partial charge >= 0.3 is 5.97 Å². The fraction of sp³-hybridized carbons (Fsp3) is 0.125. The predicted molar refractivity (Wildman–Crippen MR) is 82.9 cm³/mol. The predicted octanol–water partition coefficient (Wildman–Crippen LogP) is 3.38. The minimum absolute atomic E-state index is 0.170. The van der Waals surface area contributed by atoms with E-state index in [1.807, 2.05) is 0 Å². The number of carboxylic acids is 1. The van der Waals surface area contributed by atoms with Gasteiger partial charge in [-0.05, 0) is 25.1 Å². The highest BCUT2D eigenvalue weighted by molar-refractivity contribution is 6.31. The van der Waals surface area contributed by atoms with Crippen LogP contribution in [-0.2, 0) is 4.79 Å².